The number of aromatic nitrogens is 3. The highest BCUT2D eigenvalue weighted by atomic mass is 19.1. The van der Waals surface area contributed by atoms with Crippen molar-refractivity contribution in [3.63, 3.8) is 0 Å². The monoisotopic (exact) mass is 291 g/mol. The van der Waals surface area contributed by atoms with Gasteiger partial charge in [0.15, 0.2) is 0 Å². The van der Waals surface area contributed by atoms with Crippen LogP contribution in [-0.2, 0) is 6.54 Å². The highest BCUT2D eigenvalue weighted by Crippen LogP contribution is 2.16. The Bertz CT molecular complexity index is 624. The minimum atomic E-state index is -0.179. The van der Waals surface area contributed by atoms with Crippen molar-refractivity contribution in [2.75, 3.05) is 17.7 Å². The predicted molar refractivity (Wildman–Crippen MR) is 78.6 cm³/mol. The normalized spacial score (nSPS) is 10.5. The van der Waals surface area contributed by atoms with Gasteiger partial charge in [0.05, 0.1) is 6.61 Å². The molecule has 2 aromatic rings. The van der Waals surface area contributed by atoms with Crippen molar-refractivity contribution in [1.29, 1.82) is 0 Å². The molecule has 2 rings (SSSR count). The van der Waals surface area contributed by atoms with Gasteiger partial charge in [0, 0.05) is 6.54 Å². The molecular weight excluding hydrogens is 273 g/mol. The third-order valence-electron chi connectivity index (χ3n) is 2.85. The molecule has 0 spiro atoms. The third-order valence-corrected chi connectivity index (χ3v) is 2.85. The van der Waals surface area contributed by atoms with E-state index in [1.165, 1.54) is 0 Å². The summed E-state index contributed by atoms with van der Waals surface area (Å²) in [5, 5.41) is 3.03. The molecule has 1 aromatic carbocycles. The number of ether oxygens (including phenoxy) is 1. The maximum atomic E-state index is 13.6. The molecular formula is C14H18FN5O. The van der Waals surface area contributed by atoms with Crippen LogP contribution < -0.4 is 15.8 Å². The minimum absolute atomic E-state index is 0.0856. The van der Waals surface area contributed by atoms with E-state index in [9.17, 15) is 4.39 Å². The average molecular weight is 291 g/mol. The molecule has 7 heteroatoms. The van der Waals surface area contributed by atoms with Crippen LogP contribution in [0.4, 0.5) is 16.3 Å². The number of halogens is 1. The van der Waals surface area contributed by atoms with E-state index in [2.05, 4.69) is 20.3 Å². The van der Waals surface area contributed by atoms with Crippen LogP contribution in [0.1, 0.15) is 23.6 Å². The topological polar surface area (TPSA) is 86.0 Å². The molecule has 0 radical (unpaired) electrons. The molecule has 0 amide bonds. The second-order valence-electron chi connectivity index (χ2n) is 4.63. The second-order valence-corrected chi connectivity index (χ2v) is 4.63. The van der Waals surface area contributed by atoms with Crippen LogP contribution >= 0.6 is 0 Å². The highest BCUT2D eigenvalue weighted by Gasteiger charge is 2.07. The predicted octanol–water partition coefficient (Wildman–Crippen LogP) is 2.22. The lowest BCUT2D eigenvalue weighted by atomic mass is 10.1. The average Bonchev–Trinajstić information content (AvgIpc) is 2.42. The highest BCUT2D eigenvalue weighted by molar-refractivity contribution is 5.36. The minimum Gasteiger partial charge on any atom is -0.464 e. The van der Waals surface area contributed by atoms with Crippen LogP contribution in [-0.4, -0.2) is 21.6 Å². The summed E-state index contributed by atoms with van der Waals surface area (Å²) in [5.41, 5.74) is 7.75. The van der Waals surface area contributed by atoms with E-state index in [0.29, 0.717) is 30.2 Å². The molecule has 0 aliphatic heterocycles. The fourth-order valence-electron chi connectivity index (χ4n) is 1.96. The molecule has 0 aliphatic rings. The van der Waals surface area contributed by atoms with Gasteiger partial charge < -0.3 is 15.8 Å². The number of aryl methyl sites for hydroxylation is 2. The Balaban J connectivity index is 2.12. The van der Waals surface area contributed by atoms with Gasteiger partial charge in [-0.2, -0.15) is 15.0 Å². The van der Waals surface area contributed by atoms with Crippen molar-refractivity contribution < 1.29 is 9.13 Å². The van der Waals surface area contributed by atoms with Crippen molar-refractivity contribution >= 4 is 11.9 Å². The summed E-state index contributed by atoms with van der Waals surface area (Å²) >= 11 is 0. The molecule has 1 aromatic heterocycles. The first-order chi connectivity index (χ1) is 9.99. The van der Waals surface area contributed by atoms with Crippen LogP contribution in [0.25, 0.3) is 0 Å². The van der Waals surface area contributed by atoms with E-state index in [-0.39, 0.29) is 17.8 Å². The van der Waals surface area contributed by atoms with Crippen molar-refractivity contribution in [3.05, 3.63) is 34.6 Å². The maximum absolute atomic E-state index is 13.6. The first-order valence-corrected chi connectivity index (χ1v) is 6.63. The lowest BCUT2D eigenvalue weighted by Crippen LogP contribution is -2.09. The largest absolute Gasteiger partial charge is 0.464 e. The summed E-state index contributed by atoms with van der Waals surface area (Å²) in [6.45, 7) is 6.20. The van der Waals surface area contributed by atoms with Gasteiger partial charge >= 0.3 is 6.01 Å². The number of anilines is 2. The van der Waals surface area contributed by atoms with Gasteiger partial charge in [0.25, 0.3) is 0 Å². The van der Waals surface area contributed by atoms with Crippen LogP contribution in [0.15, 0.2) is 12.1 Å². The van der Waals surface area contributed by atoms with Crippen molar-refractivity contribution in [2.45, 2.75) is 27.3 Å². The molecule has 0 saturated carbocycles. The van der Waals surface area contributed by atoms with E-state index in [4.69, 9.17) is 10.5 Å². The Morgan fingerprint density at radius 3 is 2.48 bits per heavy atom. The van der Waals surface area contributed by atoms with Crippen molar-refractivity contribution in [3.8, 4) is 6.01 Å². The van der Waals surface area contributed by atoms with Gasteiger partial charge in [-0.25, -0.2) is 4.39 Å². The summed E-state index contributed by atoms with van der Waals surface area (Å²) in [5.74, 6) is 0.231. The zero-order valence-corrected chi connectivity index (χ0v) is 12.3. The van der Waals surface area contributed by atoms with Gasteiger partial charge in [-0.3, -0.25) is 0 Å². The van der Waals surface area contributed by atoms with Crippen LogP contribution in [0.3, 0.4) is 0 Å². The second kappa shape index (κ2) is 6.34. The van der Waals surface area contributed by atoms with E-state index >= 15 is 0 Å². The third kappa shape index (κ3) is 3.77. The molecule has 0 saturated heterocycles. The molecule has 0 fully saturated rings. The number of nitrogen functional groups attached to an aromatic ring is 1. The smallest absolute Gasteiger partial charge is 0.323 e. The van der Waals surface area contributed by atoms with Gasteiger partial charge in [-0.1, -0.05) is 12.1 Å². The molecule has 0 bridgehead atoms. The van der Waals surface area contributed by atoms with Gasteiger partial charge in [0.2, 0.25) is 11.9 Å². The number of nitrogens with two attached hydrogens (primary N) is 1. The van der Waals surface area contributed by atoms with E-state index in [1.807, 2.05) is 6.92 Å². The summed E-state index contributed by atoms with van der Waals surface area (Å²) in [6.07, 6.45) is 0. The Morgan fingerprint density at radius 2 is 1.86 bits per heavy atom. The van der Waals surface area contributed by atoms with Gasteiger partial charge in [-0.15, -0.1) is 0 Å². The van der Waals surface area contributed by atoms with E-state index in [0.717, 1.165) is 5.56 Å². The lowest BCUT2D eigenvalue weighted by Gasteiger charge is -2.09. The Morgan fingerprint density at radius 1 is 1.19 bits per heavy atom. The van der Waals surface area contributed by atoms with Gasteiger partial charge in [0.1, 0.15) is 5.82 Å². The zero-order valence-electron chi connectivity index (χ0n) is 12.3. The van der Waals surface area contributed by atoms with E-state index < -0.39 is 0 Å². The van der Waals surface area contributed by atoms with Crippen LogP contribution in [0.5, 0.6) is 6.01 Å². The van der Waals surface area contributed by atoms with Crippen molar-refractivity contribution in [2.24, 2.45) is 0 Å². The summed E-state index contributed by atoms with van der Waals surface area (Å²) in [7, 11) is 0. The molecule has 0 atom stereocenters. The molecule has 112 valence electrons. The summed E-state index contributed by atoms with van der Waals surface area (Å²) < 4.78 is 18.8. The fraction of sp³-hybridized carbons (Fsp3) is 0.357. The molecule has 0 unspecified atom stereocenters. The Kier molecular flexibility index (Phi) is 4.52. The Hall–Kier alpha value is -2.44. The number of benzene rings is 1. The zero-order chi connectivity index (χ0) is 15.4. The quantitative estimate of drug-likeness (QED) is 0.878. The fourth-order valence-corrected chi connectivity index (χ4v) is 1.96. The molecule has 6 nitrogen and oxygen atoms in total. The molecule has 3 N–H and O–H groups in total. The van der Waals surface area contributed by atoms with Crippen LogP contribution in [0, 0.1) is 19.7 Å². The van der Waals surface area contributed by atoms with Gasteiger partial charge in [-0.05, 0) is 37.5 Å². The molecule has 0 aliphatic carbocycles. The molecule has 1 heterocycles. The first kappa shape index (κ1) is 15.0. The summed E-state index contributed by atoms with van der Waals surface area (Å²) in [4.78, 5) is 11.9. The first-order valence-electron chi connectivity index (χ1n) is 6.63. The maximum Gasteiger partial charge on any atom is 0.323 e. The number of nitrogens with one attached hydrogen (secondary N) is 1. The number of hydrogen-bond donors (Lipinski definition) is 2. The molecule has 21 heavy (non-hydrogen) atoms. The number of nitrogens with zero attached hydrogens (tertiary/aromatic N) is 3. The Labute approximate surface area is 122 Å². The number of hydrogen-bond acceptors (Lipinski definition) is 6. The lowest BCUT2D eigenvalue weighted by molar-refractivity contribution is 0.312. The van der Waals surface area contributed by atoms with E-state index in [1.54, 1.807) is 26.0 Å². The van der Waals surface area contributed by atoms with Crippen LogP contribution in [0.2, 0.25) is 0 Å². The standard InChI is InChI=1S/C14H18FN5O/c1-4-21-14-19-12(16)18-13(20-14)17-7-10-5-8(2)11(15)9(3)6-10/h5-6H,4,7H2,1-3H3,(H3,16,17,18,19,20). The number of rotatable bonds is 5. The van der Waals surface area contributed by atoms with Crippen molar-refractivity contribution in [1.82, 2.24) is 15.0 Å². The summed E-state index contributed by atoms with van der Waals surface area (Å²) in [6, 6.07) is 3.74. The SMILES string of the molecule is CCOc1nc(N)nc(NCc2cc(C)c(F)c(C)c2)n1.